The first-order chi connectivity index (χ1) is 11.9. The molecule has 0 aliphatic rings. The van der Waals surface area contributed by atoms with Gasteiger partial charge in [-0.2, -0.15) is 0 Å². The van der Waals surface area contributed by atoms with Gasteiger partial charge in [-0.15, -0.1) is 6.58 Å². The highest BCUT2D eigenvalue weighted by atomic mass is 16.5. The topological polar surface area (TPSA) is 125 Å². The third-order valence-corrected chi connectivity index (χ3v) is 3.15. The fourth-order valence-corrected chi connectivity index (χ4v) is 1.90. The third-order valence-electron chi connectivity index (χ3n) is 3.15. The summed E-state index contributed by atoms with van der Waals surface area (Å²) in [6.07, 6.45) is -0.790. The van der Waals surface area contributed by atoms with E-state index in [2.05, 4.69) is 17.2 Å². The molecule has 0 fully saturated rings. The number of nitrogens with one attached hydrogen (secondary N) is 2. The predicted octanol–water partition coefficient (Wildman–Crippen LogP) is 0.809. The van der Waals surface area contributed by atoms with Crippen LogP contribution >= 0.6 is 0 Å². The molecule has 0 saturated carbocycles. The van der Waals surface area contributed by atoms with Crippen molar-refractivity contribution >= 4 is 18.0 Å². The number of hydrogen-bond acceptors (Lipinski definition) is 5. The molecule has 1 aromatic carbocycles. The van der Waals surface area contributed by atoms with E-state index in [1.165, 1.54) is 6.08 Å². The molecule has 2 atom stereocenters. The molecule has 0 aromatic heterocycles. The zero-order valence-corrected chi connectivity index (χ0v) is 13.7. The molecule has 136 valence electrons. The first-order valence-corrected chi connectivity index (χ1v) is 7.68. The summed E-state index contributed by atoms with van der Waals surface area (Å²) >= 11 is 0. The minimum atomic E-state index is -1.19. The van der Waals surface area contributed by atoms with Crippen molar-refractivity contribution in [1.29, 1.82) is 0 Å². The molecule has 2 amide bonds. The second-order valence-corrected chi connectivity index (χ2v) is 5.28. The van der Waals surface area contributed by atoms with Crippen LogP contribution in [-0.4, -0.2) is 46.9 Å². The van der Waals surface area contributed by atoms with Gasteiger partial charge in [0, 0.05) is 6.54 Å². The minimum Gasteiger partial charge on any atom is -0.480 e. The maximum absolute atomic E-state index is 11.7. The van der Waals surface area contributed by atoms with Crippen LogP contribution in [0.4, 0.5) is 4.79 Å². The SMILES string of the molecule is C=CC[C@H](NC(=O)C[C@@H](O)CNC(=O)OCc1ccccc1)C(=O)O. The molecular weight excluding hydrogens is 328 g/mol. The number of alkyl carbamates (subject to hydrolysis) is 1. The molecule has 0 aliphatic heterocycles. The lowest BCUT2D eigenvalue weighted by Gasteiger charge is -2.15. The van der Waals surface area contributed by atoms with Gasteiger partial charge in [-0.1, -0.05) is 36.4 Å². The molecule has 0 spiro atoms. The number of hydrogen-bond donors (Lipinski definition) is 4. The van der Waals surface area contributed by atoms with Crippen LogP contribution in [0.15, 0.2) is 43.0 Å². The first-order valence-electron chi connectivity index (χ1n) is 7.68. The van der Waals surface area contributed by atoms with Crippen molar-refractivity contribution in [3.8, 4) is 0 Å². The van der Waals surface area contributed by atoms with E-state index >= 15 is 0 Å². The van der Waals surface area contributed by atoms with Crippen LogP contribution < -0.4 is 10.6 Å². The molecule has 0 bridgehead atoms. The van der Waals surface area contributed by atoms with Crippen molar-refractivity contribution < 1.29 is 29.3 Å². The van der Waals surface area contributed by atoms with Crippen LogP contribution in [0.2, 0.25) is 0 Å². The van der Waals surface area contributed by atoms with Crippen LogP contribution in [0.25, 0.3) is 0 Å². The van der Waals surface area contributed by atoms with Gasteiger partial charge >= 0.3 is 12.1 Å². The number of carboxylic acid groups (broad SMARTS) is 1. The van der Waals surface area contributed by atoms with Gasteiger partial charge in [-0.05, 0) is 12.0 Å². The number of amides is 2. The summed E-state index contributed by atoms with van der Waals surface area (Å²) in [5.41, 5.74) is 0.819. The first kappa shape index (κ1) is 20.2. The molecule has 0 saturated heterocycles. The molecule has 0 heterocycles. The van der Waals surface area contributed by atoms with E-state index in [1.54, 1.807) is 12.1 Å². The van der Waals surface area contributed by atoms with E-state index in [-0.39, 0.29) is 26.0 Å². The number of carbonyl (C=O) groups is 3. The highest BCUT2D eigenvalue weighted by Crippen LogP contribution is 2.01. The molecule has 25 heavy (non-hydrogen) atoms. The standard InChI is InChI=1S/C17H22N2O6/c1-2-6-14(16(22)23)19-15(21)9-13(20)10-18-17(24)25-11-12-7-4-3-5-8-12/h2-5,7-8,13-14,20H,1,6,9-11H2,(H,18,24)(H,19,21)(H,22,23)/t13-,14+/m1/s1. The van der Waals surface area contributed by atoms with Gasteiger partial charge in [0.1, 0.15) is 12.6 Å². The quantitative estimate of drug-likeness (QED) is 0.463. The normalized spacial score (nSPS) is 12.5. The van der Waals surface area contributed by atoms with E-state index in [9.17, 15) is 19.5 Å². The Morgan fingerprint density at radius 3 is 2.52 bits per heavy atom. The number of carbonyl (C=O) groups excluding carboxylic acids is 2. The number of carboxylic acids is 1. The maximum atomic E-state index is 11.7. The average molecular weight is 350 g/mol. The number of rotatable bonds is 10. The molecular formula is C17H22N2O6. The van der Waals surface area contributed by atoms with E-state index in [0.717, 1.165) is 5.56 Å². The molecule has 1 aromatic rings. The number of ether oxygens (including phenoxy) is 1. The fourth-order valence-electron chi connectivity index (χ4n) is 1.90. The van der Waals surface area contributed by atoms with Crippen LogP contribution in [0.3, 0.4) is 0 Å². The summed E-state index contributed by atoms with van der Waals surface area (Å²) in [6.45, 7) is 3.31. The van der Waals surface area contributed by atoms with Gasteiger partial charge in [0.15, 0.2) is 0 Å². The smallest absolute Gasteiger partial charge is 0.407 e. The van der Waals surface area contributed by atoms with E-state index in [4.69, 9.17) is 9.84 Å². The lowest BCUT2D eigenvalue weighted by molar-refractivity contribution is -0.142. The number of aliphatic carboxylic acids is 1. The Bertz CT molecular complexity index is 590. The summed E-state index contributed by atoms with van der Waals surface area (Å²) in [5.74, 6) is -1.83. The predicted molar refractivity (Wildman–Crippen MR) is 89.6 cm³/mol. The largest absolute Gasteiger partial charge is 0.480 e. The molecule has 4 N–H and O–H groups in total. The lowest BCUT2D eigenvalue weighted by atomic mass is 10.2. The average Bonchev–Trinajstić information content (AvgIpc) is 2.58. The van der Waals surface area contributed by atoms with Crippen LogP contribution in [-0.2, 0) is 20.9 Å². The summed E-state index contributed by atoms with van der Waals surface area (Å²) in [5, 5.41) is 23.3. The van der Waals surface area contributed by atoms with E-state index in [1.807, 2.05) is 18.2 Å². The van der Waals surface area contributed by atoms with Crippen molar-refractivity contribution in [2.45, 2.75) is 31.6 Å². The van der Waals surface area contributed by atoms with Crippen LogP contribution in [0.5, 0.6) is 0 Å². The second-order valence-electron chi connectivity index (χ2n) is 5.28. The molecule has 8 heteroatoms. The number of aliphatic hydroxyl groups excluding tert-OH is 1. The van der Waals surface area contributed by atoms with Gasteiger partial charge in [-0.3, -0.25) is 4.79 Å². The lowest BCUT2D eigenvalue weighted by Crippen LogP contribution is -2.43. The summed E-state index contributed by atoms with van der Waals surface area (Å²) < 4.78 is 4.96. The Morgan fingerprint density at radius 1 is 1.24 bits per heavy atom. The van der Waals surface area contributed by atoms with Crippen molar-refractivity contribution in [1.82, 2.24) is 10.6 Å². The highest BCUT2D eigenvalue weighted by molar-refractivity contribution is 5.83. The summed E-state index contributed by atoms with van der Waals surface area (Å²) in [7, 11) is 0. The van der Waals surface area contributed by atoms with Crippen LogP contribution in [0, 0.1) is 0 Å². The Kier molecular flexibility index (Phi) is 8.73. The van der Waals surface area contributed by atoms with Crippen molar-refractivity contribution in [3.63, 3.8) is 0 Å². The summed E-state index contributed by atoms with van der Waals surface area (Å²) in [4.78, 5) is 34.1. The van der Waals surface area contributed by atoms with E-state index in [0.29, 0.717) is 0 Å². The zero-order valence-electron chi connectivity index (χ0n) is 13.7. The molecule has 0 unspecified atom stereocenters. The van der Waals surface area contributed by atoms with Crippen molar-refractivity contribution in [2.75, 3.05) is 6.54 Å². The maximum Gasteiger partial charge on any atom is 0.407 e. The Balaban J connectivity index is 2.27. The third kappa shape index (κ3) is 8.52. The monoisotopic (exact) mass is 350 g/mol. The van der Waals surface area contributed by atoms with Crippen LogP contribution in [0.1, 0.15) is 18.4 Å². The molecule has 1 rings (SSSR count). The molecule has 8 nitrogen and oxygen atoms in total. The van der Waals surface area contributed by atoms with Gasteiger partial charge in [0.25, 0.3) is 0 Å². The molecule has 0 aliphatic carbocycles. The van der Waals surface area contributed by atoms with Gasteiger partial charge in [0.05, 0.1) is 12.5 Å². The Morgan fingerprint density at radius 2 is 1.92 bits per heavy atom. The van der Waals surface area contributed by atoms with Crippen molar-refractivity contribution in [2.24, 2.45) is 0 Å². The van der Waals surface area contributed by atoms with Gasteiger partial charge in [-0.25, -0.2) is 9.59 Å². The fraction of sp³-hybridized carbons (Fsp3) is 0.353. The second kappa shape index (κ2) is 10.8. The van der Waals surface area contributed by atoms with Gasteiger partial charge in [0.2, 0.25) is 5.91 Å². The molecule has 0 radical (unpaired) electrons. The number of benzene rings is 1. The number of aliphatic hydroxyl groups is 1. The van der Waals surface area contributed by atoms with E-state index < -0.39 is 30.1 Å². The zero-order chi connectivity index (χ0) is 18.7. The Hall–Kier alpha value is -2.87. The summed E-state index contributed by atoms with van der Waals surface area (Å²) in [6, 6.07) is 7.98. The highest BCUT2D eigenvalue weighted by Gasteiger charge is 2.20. The Labute approximate surface area is 145 Å². The minimum absolute atomic E-state index is 0.0707. The van der Waals surface area contributed by atoms with Crippen molar-refractivity contribution in [3.05, 3.63) is 48.6 Å². The van der Waals surface area contributed by atoms with Gasteiger partial charge < -0.3 is 25.6 Å².